The monoisotopic (exact) mass is 300 g/mol. The molecule has 4 nitrogen and oxygen atoms in total. The van der Waals surface area contributed by atoms with Gasteiger partial charge in [0.15, 0.2) is 0 Å². The van der Waals surface area contributed by atoms with Crippen molar-refractivity contribution in [2.24, 2.45) is 0 Å². The summed E-state index contributed by atoms with van der Waals surface area (Å²) >= 11 is 0. The summed E-state index contributed by atoms with van der Waals surface area (Å²) in [5, 5.41) is 10.0. The molecular formula is C15H24O4S. The van der Waals surface area contributed by atoms with Gasteiger partial charge in [0.2, 0.25) is 0 Å². The van der Waals surface area contributed by atoms with Crippen molar-refractivity contribution in [1.29, 1.82) is 0 Å². The standard InChI is InChI=1S/C15H24O4S/c1-3-11-19-14-9-7-13(8-10-14)15(16)6-5-12-20(17,18)4-2/h7-10,15-16H,3-6,11-12H2,1-2H3. The highest BCUT2D eigenvalue weighted by Crippen LogP contribution is 2.21. The van der Waals surface area contributed by atoms with Crippen LogP contribution in [-0.2, 0) is 9.84 Å². The molecule has 0 aliphatic carbocycles. The number of rotatable bonds is 9. The minimum Gasteiger partial charge on any atom is -0.494 e. The summed E-state index contributed by atoms with van der Waals surface area (Å²) in [7, 11) is -2.95. The summed E-state index contributed by atoms with van der Waals surface area (Å²) in [5.74, 6) is 1.08. The third kappa shape index (κ3) is 5.92. The fourth-order valence-electron chi connectivity index (χ4n) is 1.81. The predicted octanol–water partition coefficient (Wildman–Crippen LogP) is 2.72. The van der Waals surface area contributed by atoms with Crippen LogP contribution < -0.4 is 4.74 Å². The van der Waals surface area contributed by atoms with Crippen LogP contribution in [0, 0.1) is 0 Å². The van der Waals surface area contributed by atoms with Crippen LogP contribution in [0.2, 0.25) is 0 Å². The minimum absolute atomic E-state index is 0.137. The average Bonchev–Trinajstić information content (AvgIpc) is 2.45. The van der Waals surface area contributed by atoms with E-state index in [0.717, 1.165) is 17.7 Å². The molecule has 0 amide bonds. The highest BCUT2D eigenvalue weighted by Gasteiger charge is 2.11. The smallest absolute Gasteiger partial charge is 0.150 e. The molecule has 0 saturated carbocycles. The second-order valence-electron chi connectivity index (χ2n) is 4.81. The lowest BCUT2D eigenvalue weighted by Gasteiger charge is -2.12. The first kappa shape index (κ1) is 17.0. The van der Waals surface area contributed by atoms with E-state index in [1.54, 1.807) is 6.92 Å². The summed E-state index contributed by atoms with van der Waals surface area (Å²) in [4.78, 5) is 0. The molecule has 0 fully saturated rings. The quantitative estimate of drug-likeness (QED) is 0.761. The zero-order chi connectivity index (χ0) is 15.0. The number of hydrogen-bond donors (Lipinski definition) is 1. The third-order valence-electron chi connectivity index (χ3n) is 3.11. The van der Waals surface area contributed by atoms with Crippen LogP contribution in [0.15, 0.2) is 24.3 Å². The van der Waals surface area contributed by atoms with Gasteiger partial charge < -0.3 is 9.84 Å². The molecule has 0 bridgehead atoms. The minimum atomic E-state index is -2.95. The van der Waals surface area contributed by atoms with Crippen molar-refractivity contribution in [3.63, 3.8) is 0 Å². The zero-order valence-electron chi connectivity index (χ0n) is 12.2. The highest BCUT2D eigenvalue weighted by atomic mass is 32.2. The van der Waals surface area contributed by atoms with Gasteiger partial charge in [0.25, 0.3) is 0 Å². The Balaban J connectivity index is 2.45. The number of hydrogen-bond acceptors (Lipinski definition) is 4. The van der Waals surface area contributed by atoms with E-state index in [1.165, 1.54) is 0 Å². The van der Waals surface area contributed by atoms with Gasteiger partial charge in [0.1, 0.15) is 15.6 Å². The summed E-state index contributed by atoms with van der Waals surface area (Å²) in [5.41, 5.74) is 0.794. The van der Waals surface area contributed by atoms with Crippen molar-refractivity contribution in [2.45, 2.75) is 39.2 Å². The van der Waals surface area contributed by atoms with Crippen molar-refractivity contribution < 1.29 is 18.3 Å². The first-order valence-electron chi connectivity index (χ1n) is 7.09. The van der Waals surface area contributed by atoms with E-state index in [-0.39, 0.29) is 11.5 Å². The number of benzene rings is 1. The zero-order valence-corrected chi connectivity index (χ0v) is 13.0. The Morgan fingerprint density at radius 2 is 1.85 bits per heavy atom. The van der Waals surface area contributed by atoms with Gasteiger partial charge >= 0.3 is 0 Å². The summed E-state index contributed by atoms with van der Waals surface area (Å²) in [6.45, 7) is 4.36. The molecule has 0 aliphatic heterocycles. The normalized spacial score (nSPS) is 13.2. The highest BCUT2D eigenvalue weighted by molar-refractivity contribution is 7.91. The Bertz CT molecular complexity index is 479. The average molecular weight is 300 g/mol. The molecule has 0 radical (unpaired) electrons. The van der Waals surface area contributed by atoms with Gasteiger partial charge in [0, 0.05) is 5.75 Å². The fraction of sp³-hybridized carbons (Fsp3) is 0.600. The van der Waals surface area contributed by atoms with Gasteiger partial charge in [-0.2, -0.15) is 0 Å². The third-order valence-corrected chi connectivity index (χ3v) is 4.90. The molecule has 5 heteroatoms. The van der Waals surface area contributed by atoms with Crippen molar-refractivity contribution >= 4 is 9.84 Å². The lowest BCUT2D eigenvalue weighted by atomic mass is 10.1. The van der Waals surface area contributed by atoms with Crippen LogP contribution >= 0.6 is 0 Å². The predicted molar refractivity (Wildman–Crippen MR) is 80.7 cm³/mol. The second kappa shape index (κ2) is 8.27. The molecule has 1 N–H and O–H groups in total. The molecular weight excluding hydrogens is 276 g/mol. The molecule has 1 unspecified atom stereocenters. The number of sulfone groups is 1. The molecule has 1 aromatic rings. The van der Waals surface area contributed by atoms with Gasteiger partial charge in [0.05, 0.1) is 18.5 Å². The van der Waals surface area contributed by atoms with Gasteiger partial charge in [-0.15, -0.1) is 0 Å². The summed E-state index contributed by atoms with van der Waals surface area (Å²) in [6.07, 6.45) is 1.26. The number of aliphatic hydroxyl groups is 1. The van der Waals surface area contributed by atoms with Crippen LogP contribution in [0.5, 0.6) is 5.75 Å². The van der Waals surface area contributed by atoms with Crippen LogP contribution in [-0.4, -0.2) is 31.6 Å². The molecule has 0 heterocycles. The first-order chi connectivity index (χ1) is 9.48. The van der Waals surface area contributed by atoms with Crippen LogP contribution in [0.3, 0.4) is 0 Å². The van der Waals surface area contributed by atoms with Crippen molar-refractivity contribution in [1.82, 2.24) is 0 Å². The Morgan fingerprint density at radius 3 is 2.40 bits per heavy atom. The van der Waals surface area contributed by atoms with Crippen LogP contribution in [0.4, 0.5) is 0 Å². The number of ether oxygens (including phenoxy) is 1. The Kier molecular flexibility index (Phi) is 7.02. The van der Waals surface area contributed by atoms with Crippen molar-refractivity contribution in [3.05, 3.63) is 29.8 Å². The van der Waals surface area contributed by atoms with Gasteiger partial charge in [-0.1, -0.05) is 26.0 Å². The van der Waals surface area contributed by atoms with Gasteiger partial charge in [-0.25, -0.2) is 8.42 Å². The fourth-order valence-corrected chi connectivity index (χ4v) is 2.71. The van der Waals surface area contributed by atoms with E-state index < -0.39 is 15.9 Å². The van der Waals surface area contributed by atoms with E-state index in [4.69, 9.17) is 4.74 Å². The molecule has 1 atom stereocenters. The van der Waals surface area contributed by atoms with Gasteiger partial charge in [-0.05, 0) is 37.0 Å². The van der Waals surface area contributed by atoms with E-state index in [1.807, 2.05) is 31.2 Å². The molecule has 114 valence electrons. The van der Waals surface area contributed by atoms with Crippen LogP contribution in [0.1, 0.15) is 44.8 Å². The maximum absolute atomic E-state index is 11.4. The van der Waals surface area contributed by atoms with Crippen molar-refractivity contribution in [2.75, 3.05) is 18.1 Å². The Labute approximate surface area is 121 Å². The summed E-state index contributed by atoms with van der Waals surface area (Å²) < 4.78 is 28.2. The lowest BCUT2D eigenvalue weighted by molar-refractivity contribution is 0.166. The van der Waals surface area contributed by atoms with Crippen molar-refractivity contribution in [3.8, 4) is 5.75 Å². The molecule has 0 aromatic heterocycles. The Morgan fingerprint density at radius 1 is 1.20 bits per heavy atom. The maximum atomic E-state index is 11.4. The Hall–Kier alpha value is -1.07. The molecule has 0 aliphatic rings. The first-order valence-corrected chi connectivity index (χ1v) is 8.92. The van der Waals surface area contributed by atoms with E-state index >= 15 is 0 Å². The summed E-state index contributed by atoms with van der Waals surface area (Å²) in [6, 6.07) is 7.31. The van der Waals surface area contributed by atoms with E-state index in [9.17, 15) is 13.5 Å². The molecule has 1 rings (SSSR count). The SMILES string of the molecule is CCCOc1ccc(C(O)CCCS(=O)(=O)CC)cc1. The number of aliphatic hydroxyl groups excluding tert-OH is 1. The maximum Gasteiger partial charge on any atom is 0.150 e. The van der Waals surface area contributed by atoms with Gasteiger partial charge in [-0.3, -0.25) is 0 Å². The van der Waals surface area contributed by atoms with E-state index in [2.05, 4.69) is 0 Å². The van der Waals surface area contributed by atoms with E-state index in [0.29, 0.717) is 19.4 Å². The topological polar surface area (TPSA) is 63.6 Å². The second-order valence-corrected chi connectivity index (χ2v) is 7.28. The molecule has 0 spiro atoms. The van der Waals surface area contributed by atoms with Crippen LogP contribution in [0.25, 0.3) is 0 Å². The molecule has 20 heavy (non-hydrogen) atoms. The molecule has 0 saturated heterocycles. The largest absolute Gasteiger partial charge is 0.494 e. The molecule has 1 aromatic carbocycles. The lowest BCUT2D eigenvalue weighted by Crippen LogP contribution is -2.10.